The number of hydrogen-bond acceptors (Lipinski definition) is 3. The van der Waals surface area contributed by atoms with Crippen molar-refractivity contribution in [3.63, 3.8) is 0 Å². The van der Waals surface area contributed by atoms with Gasteiger partial charge in [-0.25, -0.2) is 0 Å². The van der Waals surface area contributed by atoms with Gasteiger partial charge >= 0.3 is 5.97 Å². The Morgan fingerprint density at radius 3 is 2.72 bits per heavy atom. The van der Waals surface area contributed by atoms with Crippen molar-refractivity contribution in [2.75, 3.05) is 13.1 Å². The third-order valence-electron chi connectivity index (χ3n) is 4.44. The van der Waals surface area contributed by atoms with Crippen molar-refractivity contribution >= 4 is 5.97 Å². The minimum absolute atomic E-state index is 0.236. The Morgan fingerprint density at radius 2 is 2.17 bits per heavy atom. The highest BCUT2D eigenvalue weighted by Crippen LogP contribution is 2.28. The molecule has 104 valence electrons. The summed E-state index contributed by atoms with van der Waals surface area (Å²) in [5.41, 5.74) is 0. The Labute approximate surface area is 109 Å². The average Bonchev–Trinajstić information content (AvgIpc) is 2.75. The molecule has 2 fully saturated rings. The first-order chi connectivity index (χ1) is 8.60. The Kier molecular flexibility index (Phi) is 4.62. The highest BCUT2D eigenvalue weighted by Gasteiger charge is 2.35. The van der Waals surface area contributed by atoms with E-state index in [2.05, 4.69) is 18.7 Å². The van der Waals surface area contributed by atoms with E-state index < -0.39 is 5.97 Å². The molecule has 0 radical (unpaired) electrons. The molecule has 0 spiro atoms. The largest absolute Gasteiger partial charge is 0.480 e. The number of hydrogen-bond donors (Lipinski definition) is 1. The predicted molar refractivity (Wildman–Crippen MR) is 69.6 cm³/mol. The highest BCUT2D eigenvalue weighted by molar-refractivity contribution is 5.73. The molecule has 0 aromatic carbocycles. The van der Waals surface area contributed by atoms with Crippen LogP contribution in [0.25, 0.3) is 0 Å². The maximum atomic E-state index is 11.4. The van der Waals surface area contributed by atoms with Gasteiger partial charge in [0.25, 0.3) is 0 Å². The van der Waals surface area contributed by atoms with Gasteiger partial charge in [-0.3, -0.25) is 9.69 Å². The van der Waals surface area contributed by atoms with E-state index in [-0.39, 0.29) is 12.1 Å². The summed E-state index contributed by atoms with van der Waals surface area (Å²) in [4.78, 5) is 13.5. The number of carboxylic acids is 1. The predicted octanol–water partition coefficient (Wildman–Crippen LogP) is 2.13. The van der Waals surface area contributed by atoms with E-state index in [1.54, 1.807) is 0 Å². The fourth-order valence-electron chi connectivity index (χ4n) is 3.21. The zero-order valence-electron chi connectivity index (χ0n) is 11.5. The van der Waals surface area contributed by atoms with E-state index in [0.717, 1.165) is 45.2 Å². The van der Waals surface area contributed by atoms with Crippen molar-refractivity contribution in [3.8, 4) is 0 Å². The molecule has 4 unspecified atom stereocenters. The van der Waals surface area contributed by atoms with E-state index in [1.165, 1.54) is 0 Å². The average molecular weight is 255 g/mol. The van der Waals surface area contributed by atoms with Gasteiger partial charge in [0.2, 0.25) is 0 Å². The zero-order valence-corrected chi connectivity index (χ0v) is 11.5. The van der Waals surface area contributed by atoms with Gasteiger partial charge in [0.1, 0.15) is 6.04 Å². The van der Waals surface area contributed by atoms with Gasteiger partial charge < -0.3 is 9.84 Å². The van der Waals surface area contributed by atoms with Crippen LogP contribution in [0.2, 0.25) is 0 Å². The lowest BCUT2D eigenvalue weighted by atomic mass is 9.88. The minimum atomic E-state index is -0.667. The summed E-state index contributed by atoms with van der Waals surface area (Å²) in [5, 5.41) is 9.37. The second kappa shape index (κ2) is 6.02. The second-order valence-corrected chi connectivity index (χ2v) is 5.79. The van der Waals surface area contributed by atoms with Crippen molar-refractivity contribution in [2.45, 2.75) is 64.2 Å². The molecule has 18 heavy (non-hydrogen) atoms. The molecule has 0 amide bonds. The molecule has 0 aromatic rings. The first-order valence-electron chi connectivity index (χ1n) is 7.22. The molecule has 0 bridgehead atoms. The van der Waals surface area contributed by atoms with E-state index in [9.17, 15) is 9.90 Å². The van der Waals surface area contributed by atoms with Crippen LogP contribution in [-0.2, 0) is 9.53 Å². The molecule has 0 aromatic heterocycles. The van der Waals surface area contributed by atoms with Crippen LogP contribution in [0.5, 0.6) is 0 Å². The number of carbonyl (C=O) groups is 1. The van der Waals surface area contributed by atoms with Crippen LogP contribution in [0.3, 0.4) is 0 Å². The SMILES string of the molecule is CCC1CCN(CC2CCC(C)O2)C(C(=O)O)C1. The van der Waals surface area contributed by atoms with Crippen LogP contribution in [0.15, 0.2) is 0 Å². The molecule has 2 aliphatic rings. The number of rotatable bonds is 4. The van der Waals surface area contributed by atoms with Crippen LogP contribution in [-0.4, -0.2) is 47.3 Å². The van der Waals surface area contributed by atoms with Gasteiger partial charge in [-0.05, 0) is 45.1 Å². The van der Waals surface area contributed by atoms with Gasteiger partial charge in [0, 0.05) is 6.54 Å². The van der Waals surface area contributed by atoms with E-state index in [4.69, 9.17) is 4.74 Å². The second-order valence-electron chi connectivity index (χ2n) is 5.79. The number of ether oxygens (including phenoxy) is 1. The summed E-state index contributed by atoms with van der Waals surface area (Å²) in [6, 6.07) is -0.303. The summed E-state index contributed by atoms with van der Waals surface area (Å²) in [6.07, 6.45) is 5.77. The Hall–Kier alpha value is -0.610. The smallest absolute Gasteiger partial charge is 0.320 e. The van der Waals surface area contributed by atoms with Crippen molar-refractivity contribution in [2.24, 2.45) is 5.92 Å². The van der Waals surface area contributed by atoms with Crippen LogP contribution in [0, 0.1) is 5.92 Å². The zero-order chi connectivity index (χ0) is 13.1. The molecular weight excluding hydrogens is 230 g/mol. The van der Waals surface area contributed by atoms with Crippen molar-refractivity contribution in [3.05, 3.63) is 0 Å². The van der Waals surface area contributed by atoms with Gasteiger partial charge in [-0.15, -0.1) is 0 Å². The van der Waals surface area contributed by atoms with Crippen LogP contribution < -0.4 is 0 Å². The third kappa shape index (κ3) is 3.23. The summed E-state index contributed by atoms with van der Waals surface area (Å²) in [6.45, 7) is 5.94. The molecule has 4 atom stereocenters. The fraction of sp³-hybridized carbons (Fsp3) is 0.929. The van der Waals surface area contributed by atoms with Crippen molar-refractivity contribution in [1.29, 1.82) is 0 Å². The molecule has 2 aliphatic heterocycles. The molecule has 2 saturated heterocycles. The highest BCUT2D eigenvalue weighted by atomic mass is 16.5. The lowest BCUT2D eigenvalue weighted by Crippen LogP contribution is -2.49. The van der Waals surface area contributed by atoms with E-state index >= 15 is 0 Å². The molecular formula is C14H25NO3. The molecule has 0 saturated carbocycles. The van der Waals surface area contributed by atoms with Gasteiger partial charge in [0.05, 0.1) is 12.2 Å². The fourth-order valence-corrected chi connectivity index (χ4v) is 3.21. The van der Waals surface area contributed by atoms with E-state index in [0.29, 0.717) is 12.0 Å². The number of nitrogens with zero attached hydrogens (tertiary/aromatic N) is 1. The quantitative estimate of drug-likeness (QED) is 0.836. The molecule has 1 N–H and O–H groups in total. The maximum absolute atomic E-state index is 11.4. The number of aliphatic carboxylic acids is 1. The Bertz CT molecular complexity index is 295. The van der Waals surface area contributed by atoms with Crippen LogP contribution in [0.1, 0.15) is 46.0 Å². The summed E-state index contributed by atoms with van der Waals surface area (Å²) >= 11 is 0. The first kappa shape index (κ1) is 13.8. The normalized spacial score (nSPS) is 37.9. The molecule has 2 heterocycles. The molecule has 2 rings (SSSR count). The Balaban J connectivity index is 1.91. The lowest BCUT2D eigenvalue weighted by molar-refractivity contribution is -0.146. The van der Waals surface area contributed by atoms with E-state index in [1.807, 2.05) is 0 Å². The number of carboxylic acid groups (broad SMARTS) is 1. The summed E-state index contributed by atoms with van der Waals surface area (Å²) in [7, 11) is 0. The summed E-state index contributed by atoms with van der Waals surface area (Å²) in [5.74, 6) is -0.0926. The number of likely N-dealkylation sites (tertiary alicyclic amines) is 1. The van der Waals surface area contributed by atoms with Crippen molar-refractivity contribution in [1.82, 2.24) is 4.90 Å². The van der Waals surface area contributed by atoms with Gasteiger partial charge in [-0.2, -0.15) is 0 Å². The van der Waals surface area contributed by atoms with Gasteiger partial charge in [-0.1, -0.05) is 13.3 Å². The Morgan fingerprint density at radius 1 is 1.39 bits per heavy atom. The topological polar surface area (TPSA) is 49.8 Å². The minimum Gasteiger partial charge on any atom is -0.480 e. The van der Waals surface area contributed by atoms with Crippen molar-refractivity contribution < 1.29 is 14.6 Å². The molecule has 0 aliphatic carbocycles. The first-order valence-corrected chi connectivity index (χ1v) is 7.22. The van der Waals surface area contributed by atoms with Crippen LogP contribution >= 0.6 is 0 Å². The van der Waals surface area contributed by atoms with Gasteiger partial charge in [0.15, 0.2) is 0 Å². The monoisotopic (exact) mass is 255 g/mol. The maximum Gasteiger partial charge on any atom is 0.320 e. The number of piperidine rings is 1. The standard InChI is InChI=1S/C14H25NO3/c1-3-11-6-7-15(13(8-11)14(16)17)9-12-5-4-10(2)18-12/h10-13H,3-9H2,1-2H3,(H,16,17). The lowest BCUT2D eigenvalue weighted by Gasteiger charge is -2.38. The summed E-state index contributed by atoms with van der Waals surface area (Å²) < 4.78 is 5.81. The third-order valence-corrected chi connectivity index (χ3v) is 4.44. The van der Waals surface area contributed by atoms with Crippen LogP contribution in [0.4, 0.5) is 0 Å². The molecule has 4 nitrogen and oxygen atoms in total. The molecule has 4 heteroatoms.